The Kier molecular flexibility index (Phi) is 20.9. The summed E-state index contributed by atoms with van der Waals surface area (Å²) < 4.78 is 5.76. The standard InChI is InChI=1S/C32H48N2O2/c1-3-5-7-8-9-10-11-12-13-14-15-16-17-18-19-20-21-24-32(35)34(26-6-4-2)27-28-36-30-31-23-22-25-33-29-31/h5,7,9-10,12-13,15-16,18-19,22-23,25,29H,3-4,6,8,11,14,17,20-21,24,26-28,30H2,1-2H3. The Hall–Kier alpha value is -2.72. The Morgan fingerprint density at radius 1 is 0.861 bits per heavy atom. The molecule has 0 bridgehead atoms. The molecule has 4 heteroatoms. The van der Waals surface area contributed by atoms with Crippen molar-refractivity contribution in [2.75, 3.05) is 19.7 Å². The zero-order valence-electron chi connectivity index (χ0n) is 22.7. The summed E-state index contributed by atoms with van der Waals surface area (Å²) >= 11 is 0. The quantitative estimate of drug-likeness (QED) is 0.128. The minimum Gasteiger partial charge on any atom is -0.375 e. The highest BCUT2D eigenvalue weighted by Gasteiger charge is 2.12. The molecule has 0 aliphatic rings. The third-order valence-corrected chi connectivity index (χ3v) is 5.55. The van der Waals surface area contributed by atoms with Gasteiger partial charge in [0.15, 0.2) is 0 Å². The smallest absolute Gasteiger partial charge is 0.222 e. The van der Waals surface area contributed by atoms with Crippen LogP contribution in [-0.2, 0) is 16.1 Å². The van der Waals surface area contributed by atoms with Gasteiger partial charge in [0.1, 0.15) is 0 Å². The van der Waals surface area contributed by atoms with Gasteiger partial charge in [0, 0.05) is 31.9 Å². The van der Waals surface area contributed by atoms with Crippen molar-refractivity contribution < 1.29 is 9.53 Å². The van der Waals surface area contributed by atoms with Crippen molar-refractivity contribution in [2.45, 2.75) is 84.7 Å². The van der Waals surface area contributed by atoms with Crippen LogP contribution in [0.1, 0.15) is 83.6 Å². The number of aromatic nitrogens is 1. The van der Waals surface area contributed by atoms with Gasteiger partial charge in [0.05, 0.1) is 13.2 Å². The van der Waals surface area contributed by atoms with Crippen molar-refractivity contribution in [1.82, 2.24) is 9.88 Å². The van der Waals surface area contributed by atoms with Gasteiger partial charge in [-0.05, 0) is 63.0 Å². The highest BCUT2D eigenvalue weighted by atomic mass is 16.5. The monoisotopic (exact) mass is 492 g/mol. The lowest BCUT2D eigenvalue weighted by molar-refractivity contribution is -0.132. The summed E-state index contributed by atoms with van der Waals surface area (Å²) in [6, 6.07) is 3.91. The highest BCUT2D eigenvalue weighted by Crippen LogP contribution is 2.06. The number of carbonyl (C=O) groups excluding carboxylic acids is 1. The summed E-state index contributed by atoms with van der Waals surface area (Å²) in [5.41, 5.74) is 1.06. The van der Waals surface area contributed by atoms with Gasteiger partial charge in [0.25, 0.3) is 0 Å². The number of allylic oxidation sites excluding steroid dienone is 10. The number of unbranched alkanes of at least 4 members (excludes halogenated alkanes) is 2. The summed E-state index contributed by atoms with van der Waals surface area (Å²) in [6.07, 6.45) is 35.3. The van der Waals surface area contributed by atoms with Crippen LogP contribution in [0.4, 0.5) is 0 Å². The Morgan fingerprint density at radius 3 is 2.08 bits per heavy atom. The van der Waals surface area contributed by atoms with Crippen molar-refractivity contribution >= 4 is 5.91 Å². The maximum absolute atomic E-state index is 12.7. The molecular weight excluding hydrogens is 444 g/mol. The summed E-state index contributed by atoms with van der Waals surface area (Å²) in [5, 5.41) is 0. The molecule has 1 aromatic rings. The molecule has 0 saturated heterocycles. The lowest BCUT2D eigenvalue weighted by atomic mass is 10.2. The van der Waals surface area contributed by atoms with Crippen molar-refractivity contribution in [3.05, 3.63) is 90.9 Å². The topological polar surface area (TPSA) is 42.4 Å². The van der Waals surface area contributed by atoms with Gasteiger partial charge in [-0.1, -0.05) is 87.1 Å². The minimum absolute atomic E-state index is 0.237. The van der Waals surface area contributed by atoms with Crippen LogP contribution in [0.5, 0.6) is 0 Å². The van der Waals surface area contributed by atoms with E-state index in [0.717, 1.165) is 69.9 Å². The van der Waals surface area contributed by atoms with Crippen LogP contribution >= 0.6 is 0 Å². The SMILES string of the molecule is CCC=CCC=CCC=CCC=CCC=CCCCC(=O)N(CCCC)CCOCc1cccnc1. The van der Waals surface area contributed by atoms with Crippen LogP contribution in [-0.4, -0.2) is 35.5 Å². The Labute approximate surface area is 220 Å². The summed E-state index contributed by atoms with van der Waals surface area (Å²) in [5.74, 6) is 0.237. The molecule has 0 spiro atoms. The van der Waals surface area contributed by atoms with Crippen LogP contribution in [0.3, 0.4) is 0 Å². The van der Waals surface area contributed by atoms with E-state index in [1.165, 1.54) is 0 Å². The van der Waals surface area contributed by atoms with Gasteiger partial charge in [-0.3, -0.25) is 9.78 Å². The first kappa shape index (κ1) is 31.3. The van der Waals surface area contributed by atoms with E-state index in [2.05, 4.69) is 79.6 Å². The number of ether oxygens (including phenoxy) is 1. The zero-order chi connectivity index (χ0) is 25.9. The van der Waals surface area contributed by atoms with Crippen LogP contribution in [0, 0.1) is 0 Å². The van der Waals surface area contributed by atoms with Crippen molar-refractivity contribution in [2.24, 2.45) is 0 Å². The van der Waals surface area contributed by atoms with E-state index in [9.17, 15) is 4.79 Å². The Balaban J connectivity index is 2.13. The van der Waals surface area contributed by atoms with E-state index >= 15 is 0 Å². The van der Waals surface area contributed by atoms with E-state index in [4.69, 9.17) is 4.74 Å². The molecule has 1 aromatic heterocycles. The zero-order valence-corrected chi connectivity index (χ0v) is 22.7. The largest absolute Gasteiger partial charge is 0.375 e. The van der Waals surface area contributed by atoms with Crippen LogP contribution in [0.15, 0.2) is 85.3 Å². The molecule has 0 aliphatic carbocycles. The first-order chi connectivity index (χ1) is 17.8. The molecule has 0 unspecified atom stereocenters. The molecule has 0 radical (unpaired) electrons. The molecule has 36 heavy (non-hydrogen) atoms. The molecule has 1 heterocycles. The number of rotatable bonds is 21. The Morgan fingerprint density at radius 2 is 1.50 bits per heavy atom. The summed E-state index contributed by atoms with van der Waals surface area (Å²) in [4.78, 5) is 18.8. The number of amides is 1. The van der Waals surface area contributed by atoms with Crippen molar-refractivity contribution in [1.29, 1.82) is 0 Å². The van der Waals surface area contributed by atoms with Crippen molar-refractivity contribution in [3.63, 3.8) is 0 Å². The number of hydrogen-bond acceptors (Lipinski definition) is 3. The first-order valence-electron chi connectivity index (χ1n) is 13.8. The van der Waals surface area contributed by atoms with Gasteiger partial charge in [-0.25, -0.2) is 0 Å². The number of carbonyl (C=O) groups is 1. The van der Waals surface area contributed by atoms with Gasteiger partial charge in [0.2, 0.25) is 5.91 Å². The van der Waals surface area contributed by atoms with Crippen LogP contribution in [0.25, 0.3) is 0 Å². The van der Waals surface area contributed by atoms with E-state index in [0.29, 0.717) is 26.2 Å². The molecule has 0 aromatic carbocycles. The molecule has 0 fully saturated rings. The second-order valence-corrected chi connectivity index (χ2v) is 8.75. The second kappa shape index (κ2) is 24.0. The maximum Gasteiger partial charge on any atom is 0.222 e. The van der Waals surface area contributed by atoms with Gasteiger partial charge < -0.3 is 9.64 Å². The average Bonchev–Trinajstić information content (AvgIpc) is 2.90. The molecular formula is C32H48N2O2. The molecule has 198 valence electrons. The van der Waals surface area contributed by atoms with Crippen LogP contribution < -0.4 is 0 Å². The molecule has 0 N–H and O–H groups in total. The van der Waals surface area contributed by atoms with E-state index in [1.54, 1.807) is 6.20 Å². The third-order valence-electron chi connectivity index (χ3n) is 5.55. The fourth-order valence-electron chi connectivity index (χ4n) is 3.46. The molecule has 4 nitrogen and oxygen atoms in total. The summed E-state index contributed by atoms with van der Waals surface area (Å²) in [6.45, 7) is 6.87. The van der Waals surface area contributed by atoms with E-state index in [-0.39, 0.29) is 5.91 Å². The molecule has 1 amide bonds. The van der Waals surface area contributed by atoms with Gasteiger partial charge >= 0.3 is 0 Å². The molecule has 0 saturated carbocycles. The molecule has 1 rings (SSSR count). The van der Waals surface area contributed by atoms with Crippen LogP contribution in [0.2, 0.25) is 0 Å². The fraction of sp³-hybridized carbons (Fsp3) is 0.500. The normalized spacial score (nSPS) is 12.3. The van der Waals surface area contributed by atoms with Gasteiger partial charge in [-0.15, -0.1) is 0 Å². The highest BCUT2D eigenvalue weighted by molar-refractivity contribution is 5.76. The number of nitrogens with zero attached hydrogens (tertiary/aromatic N) is 2. The lowest BCUT2D eigenvalue weighted by Gasteiger charge is -2.22. The van der Waals surface area contributed by atoms with E-state index < -0.39 is 0 Å². The van der Waals surface area contributed by atoms with E-state index in [1.807, 2.05) is 23.2 Å². The predicted molar refractivity (Wildman–Crippen MR) is 154 cm³/mol. The average molecular weight is 493 g/mol. The second-order valence-electron chi connectivity index (χ2n) is 8.75. The fourth-order valence-corrected chi connectivity index (χ4v) is 3.46. The lowest BCUT2D eigenvalue weighted by Crippen LogP contribution is -2.34. The minimum atomic E-state index is 0.237. The number of hydrogen-bond donors (Lipinski definition) is 0. The van der Waals surface area contributed by atoms with Crippen molar-refractivity contribution in [3.8, 4) is 0 Å². The predicted octanol–water partition coefficient (Wildman–Crippen LogP) is 8.15. The van der Waals surface area contributed by atoms with Gasteiger partial charge in [-0.2, -0.15) is 0 Å². The third kappa shape index (κ3) is 18.6. The molecule has 0 aliphatic heterocycles. The summed E-state index contributed by atoms with van der Waals surface area (Å²) in [7, 11) is 0. The Bertz CT molecular complexity index is 794. The maximum atomic E-state index is 12.7. The molecule has 0 atom stereocenters. The first-order valence-corrected chi connectivity index (χ1v) is 13.8. The number of pyridine rings is 1.